The molecule has 4 heterocycles. The summed E-state index contributed by atoms with van der Waals surface area (Å²) in [5.74, 6) is 1.67. The summed E-state index contributed by atoms with van der Waals surface area (Å²) in [6, 6.07) is 12.3. The monoisotopic (exact) mass is 438 g/mol. The van der Waals surface area contributed by atoms with Crippen molar-refractivity contribution in [1.82, 2.24) is 34.4 Å². The molecule has 164 valence electrons. The lowest BCUT2D eigenvalue weighted by molar-refractivity contribution is 0.239. The Kier molecular flexibility index (Phi) is 4.62. The van der Waals surface area contributed by atoms with Gasteiger partial charge in [-0.15, -0.1) is 5.10 Å². The first-order valence-corrected chi connectivity index (χ1v) is 10.8. The van der Waals surface area contributed by atoms with Crippen LogP contribution >= 0.6 is 0 Å². The number of fused-ring (bicyclic) bond motifs is 4. The Balaban J connectivity index is 1.31. The molecule has 1 aliphatic rings. The fourth-order valence-electron chi connectivity index (χ4n) is 4.48. The molecule has 0 amide bonds. The molecule has 33 heavy (non-hydrogen) atoms. The first-order valence-electron chi connectivity index (χ1n) is 10.8. The predicted molar refractivity (Wildman–Crippen MR) is 125 cm³/mol. The van der Waals surface area contributed by atoms with E-state index in [-0.39, 0.29) is 0 Å². The molecule has 0 atom stereocenters. The predicted octanol–water partition coefficient (Wildman–Crippen LogP) is 2.88. The van der Waals surface area contributed by atoms with E-state index in [1.807, 2.05) is 30.6 Å². The van der Waals surface area contributed by atoms with E-state index >= 15 is 0 Å². The number of ether oxygens (including phenoxy) is 1. The molecule has 2 aromatic carbocycles. The quantitative estimate of drug-likeness (QED) is 0.456. The normalized spacial score (nSPS) is 14.0. The molecule has 0 unspecified atom stereocenters. The van der Waals surface area contributed by atoms with Crippen LogP contribution in [-0.2, 0) is 19.5 Å². The number of para-hydroxylation sites is 1. The summed E-state index contributed by atoms with van der Waals surface area (Å²) >= 11 is 0. The second-order valence-corrected chi connectivity index (χ2v) is 8.16. The third kappa shape index (κ3) is 3.42. The summed E-state index contributed by atoms with van der Waals surface area (Å²) in [4.78, 5) is 19.9. The fraction of sp³-hybridized carbons (Fsp3) is 0.208. The molecule has 0 saturated heterocycles. The molecule has 5 aromatic rings. The number of hydrogen-bond acceptors (Lipinski definition) is 8. The Morgan fingerprint density at radius 1 is 1.03 bits per heavy atom. The Hall–Kier alpha value is -4.11. The molecule has 9 nitrogen and oxygen atoms in total. The molecule has 0 aliphatic carbocycles. The van der Waals surface area contributed by atoms with E-state index in [9.17, 15) is 0 Å². The summed E-state index contributed by atoms with van der Waals surface area (Å²) < 4.78 is 7.06. The molecule has 0 spiro atoms. The third-order valence-electron chi connectivity index (χ3n) is 6.11. The maximum Gasteiger partial charge on any atom is 0.223 e. The average molecular weight is 438 g/mol. The van der Waals surface area contributed by atoms with Gasteiger partial charge in [-0.1, -0.05) is 18.2 Å². The van der Waals surface area contributed by atoms with Crippen LogP contribution in [0.4, 0.5) is 5.95 Å². The molecule has 3 aromatic heterocycles. The molecule has 0 saturated carbocycles. The van der Waals surface area contributed by atoms with Crippen molar-refractivity contribution >= 4 is 22.5 Å². The van der Waals surface area contributed by atoms with Crippen molar-refractivity contribution < 1.29 is 4.74 Å². The van der Waals surface area contributed by atoms with Crippen LogP contribution in [0.2, 0.25) is 0 Å². The number of benzene rings is 2. The Morgan fingerprint density at radius 3 is 2.76 bits per heavy atom. The molecule has 0 bridgehead atoms. The number of hydrogen-bond donors (Lipinski definition) is 1. The SMILES string of the molecule is COc1cccc2c1nc(N)n1nc(CN3CCc4ccc(-c5cncnc5)cc4C3)nc21. The summed E-state index contributed by atoms with van der Waals surface area (Å²) in [5.41, 5.74) is 12.4. The topological polar surface area (TPSA) is 107 Å². The van der Waals surface area contributed by atoms with E-state index in [1.165, 1.54) is 11.1 Å². The molecule has 0 fully saturated rings. The van der Waals surface area contributed by atoms with Crippen LogP contribution in [0.5, 0.6) is 5.75 Å². The van der Waals surface area contributed by atoms with Crippen LogP contribution in [0.15, 0.2) is 55.1 Å². The van der Waals surface area contributed by atoms with Crippen molar-refractivity contribution in [2.45, 2.75) is 19.5 Å². The number of aromatic nitrogens is 6. The second kappa shape index (κ2) is 7.79. The zero-order valence-electron chi connectivity index (χ0n) is 18.1. The van der Waals surface area contributed by atoms with E-state index in [2.05, 4.69) is 43.1 Å². The molecule has 1 aliphatic heterocycles. The van der Waals surface area contributed by atoms with Crippen LogP contribution in [0.1, 0.15) is 17.0 Å². The lowest BCUT2D eigenvalue weighted by Gasteiger charge is -2.28. The highest BCUT2D eigenvalue weighted by Gasteiger charge is 2.20. The zero-order valence-corrected chi connectivity index (χ0v) is 18.1. The summed E-state index contributed by atoms with van der Waals surface area (Å²) in [7, 11) is 1.62. The summed E-state index contributed by atoms with van der Waals surface area (Å²) in [5, 5.41) is 5.51. The zero-order chi connectivity index (χ0) is 22.4. The fourth-order valence-corrected chi connectivity index (χ4v) is 4.48. The van der Waals surface area contributed by atoms with E-state index in [4.69, 9.17) is 15.5 Å². The number of rotatable bonds is 4. The largest absolute Gasteiger partial charge is 0.494 e. The van der Waals surface area contributed by atoms with E-state index < -0.39 is 0 Å². The van der Waals surface area contributed by atoms with Crippen LogP contribution < -0.4 is 10.5 Å². The number of nitrogens with zero attached hydrogens (tertiary/aromatic N) is 7. The van der Waals surface area contributed by atoms with Gasteiger partial charge in [0.15, 0.2) is 11.5 Å². The second-order valence-electron chi connectivity index (χ2n) is 8.16. The molecule has 9 heteroatoms. The van der Waals surface area contributed by atoms with Gasteiger partial charge in [0.2, 0.25) is 5.95 Å². The highest BCUT2D eigenvalue weighted by atomic mass is 16.5. The lowest BCUT2D eigenvalue weighted by Crippen LogP contribution is -2.30. The molecule has 6 rings (SSSR count). The smallest absolute Gasteiger partial charge is 0.223 e. The first kappa shape index (κ1) is 19.6. The number of anilines is 1. The molecule has 2 N–H and O–H groups in total. The van der Waals surface area contributed by atoms with Gasteiger partial charge in [-0.2, -0.15) is 4.52 Å². The minimum Gasteiger partial charge on any atom is -0.494 e. The highest BCUT2D eigenvalue weighted by molar-refractivity contribution is 5.95. The van der Waals surface area contributed by atoms with E-state index in [1.54, 1.807) is 18.0 Å². The Morgan fingerprint density at radius 2 is 1.91 bits per heavy atom. The van der Waals surface area contributed by atoms with Crippen molar-refractivity contribution in [2.75, 3.05) is 19.4 Å². The number of nitrogens with two attached hydrogens (primary N) is 1. The van der Waals surface area contributed by atoms with Gasteiger partial charge in [0.25, 0.3) is 0 Å². The molecular formula is C24H22N8O. The van der Waals surface area contributed by atoms with Gasteiger partial charge in [-0.25, -0.2) is 19.9 Å². The van der Waals surface area contributed by atoms with Gasteiger partial charge < -0.3 is 10.5 Å². The Bertz CT molecular complexity index is 1480. The summed E-state index contributed by atoms with van der Waals surface area (Å²) in [6.07, 6.45) is 6.21. The summed E-state index contributed by atoms with van der Waals surface area (Å²) in [6.45, 7) is 2.40. The number of nitrogen functional groups attached to an aromatic ring is 1. The van der Waals surface area contributed by atoms with Crippen molar-refractivity contribution in [3.63, 3.8) is 0 Å². The van der Waals surface area contributed by atoms with Crippen LogP contribution in [0.3, 0.4) is 0 Å². The van der Waals surface area contributed by atoms with Gasteiger partial charge in [0.1, 0.15) is 17.6 Å². The average Bonchev–Trinajstić information content (AvgIpc) is 3.28. The molecule has 0 radical (unpaired) electrons. The van der Waals surface area contributed by atoms with Crippen LogP contribution in [0.25, 0.3) is 27.7 Å². The minimum atomic E-state index is 0.291. The van der Waals surface area contributed by atoms with E-state index in [0.29, 0.717) is 29.4 Å². The number of methoxy groups -OCH3 is 1. The van der Waals surface area contributed by atoms with Crippen molar-refractivity contribution in [3.8, 4) is 16.9 Å². The standard InChI is InChI=1S/C24H22N8O/c1-33-20-4-2-3-19-22(20)29-24(25)32-23(19)28-21(30-32)13-31-8-7-15-5-6-16(9-17(15)12-31)18-10-26-14-27-11-18/h2-6,9-11,14H,7-8,12-13H2,1H3,(H2,25,29). The maximum absolute atomic E-state index is 6.20. The molecular weight excluding hydrogens is 416 g/mol. The minimum absolute atomic E-state index is 0.291. The van der Waals surface area contributed by atoms with Crippen LogP contribution in [-0.4, -0.2) is 48.1 Å². The van der Waals surface area contributed by atoms with Crippen molar-refractivity contribution in [2.24, 2.45) is 0 Å². The van der Waals surface area contributed by atoms with Gasteiger partial charge in [0, 0.05) is 36.4 Å². The highest BCUT2D eigenvalue weighted by Crippen LogP contribution is 2.29. The van der Waals surface area contributed by atoms with Gasteiger partial charge in [-0.3, -0.25) is 4.90 Å². The maximum atomic E-state index is 6.20. The van der Waals surface area contributed by atoms with E-state index in [0.717, 1.165) is 41.8 Å². The van der Waals surface area contributed by atoms with Gasteiger partial charge >= 0.3 is 0 Å². The Labute approximate surface area is 189 Å². The first-order chi connectivity index (χ1) is 16.2. The lowest BCUT2D eigenvalue weighted by atomic mass is 9.95. The van der Waals surface area contributed by atoms with Crippen molar-refractivity contribution in [3.05, 3.63) is 72.1 Å². The van der Waals surface area contributed by atoms with Gasteiger partial charge in [-0.05, 0) is 41.3 Å². The third-order valence-corrected chi connectivity index (χ3v) is 6.11. The van der Waals surface area contributed by atoms with Gasteiger partial charge in [0.05, 0.1) is 13.7 Å². The van der Waals surface area contributed by atoms with Crippen molar-refractivity contribution in [1.29, 1.82) is 0 Å². The van der Waals surface area contributed by atoms with Crippen LogP contribution in [0, 0.1) is 0 Å².